The van der Waals surface area contributed by atoms with Crippen LogP contribution in [0.15, 0.2) is 107 Å². The minimum atomic E-state index is -0.128. The van der Waals surface area contributed by atoms with Crippen molar-refractivity contribution >= 4 is 52.1 Å². The first-order valence-corrected chi connectivity index (χ1v) is 14.0. The molecular formula is C32H26Cl2N2O2S. The second-order valence-corrected chi connectivity index (χ2v) is 11.0. The fourth-order valence-corrected chi connectivity index (χ4v) is 5.62. The van der Waals surface area contributed by atoms with Gasteiger partial charge in [-0.15, -0.1) is 0 Å². The number of benzene rings is 4. The van der Waals surface area contributed by atoms with Crippen molar-refractivity contribution in [3.63, 3.8) is 0 Å². The Morgan fingerprint density at radius 1 is 0.872 bits per heavy atom. The number of halogens is 2. The molecule has 0 aliphatic carbocycles. The van der Waals surface area contributed by atoms with Gasteiger partial charge in [-0.1, -0.05) is 114 Å². The third-order valence-corrected chi connectivity index (χ3v) is 7.68. The van der Waals surface area contributed by atoms with Crippen molar-refractivity contribution in [3.05, 3.63) is 140 Å². The Balaban J connectivity index is 1.46. The summed E-state index contributed by atoms with van der Waals surface area (Å²) in [6, 6.07) is 31.4. The van der Waals surface area contributed by atoms with E-state index in [2.05, 4.69) is 0 Å². The van der Waals surface area contributed by atoms with Crippen molar-refractivity contribution in [2.75, 3.05) is 0 Å². The van der Waals surface area contributed by atoms with Crippen LogP contribution in [0.3, 0.4) is 0 Å². The molecule has 39 heavy (non-hydrogen) atoms. The molecule has 1 fully saturated rings. The normalized spacial score (nSPS) is 15.4. The Morgan fingerprint density at radius 3 is 2.23 bits per heavy atom. The summed E-state index contributed by atoms with van der Waals surface area (Å²) in [5, 5.41) is 1.49. The minimum Gasteiger partial charge on any atom is -0.487 e. The van der Waals surface area contributed by atoms with Gasteiger partial charge in [0.1, 0.15) is 12.4 Å². The molecule has 196 valence electrons. The molecule has 0 atom stereocenters. The highest BCUT2D eigenvalue weighted by Gasteiger charge is 2.33. The largest absolute Gasteiger partial charge is 0.487 e. The molecular weight excluding hydrogens is 547 g/mol. The number of nitrogens with zero attached hydrogens (tertiary/aromatic N) is 2. The Bertz CT molecular complexity index is 1520. The number of hydrogen-bond donors (Lipinski definition) is 0. The number of amides is 1. The van der Waals surface area contributed by atoms with Crippen LogP contribution in [0.4, 0.5) is 0 Å². The molecule has 4 nitrogen and oxygen atoms in total. The number of amidine groups is 1. The predicted octanol–water partition coefficient (Wildman–Crippen LogP) is 8.55. The molecule has 1 amide bonds. The number of aliphatic imine (C=N–C) groups is 1. The average Bonchev–Trinajstić information content (AvgIpc) is 3.22. The first-order chi connectivity index (χ1) is 19.0. The van der Waals surface area contributed by atoms with E-state index in [0.717, 1.165) is 16.7 Å². The van der Waals surface area contributed by atoms with Crippen molar-refractivity contribution in [3.8, 4) is 5.75 Å². The second-order valence-electron chi connectivity index (χ2n) is 9.15. The Morgan fingerprint density at radius 2 is 1.54 bits per heavy atom. The monoisotopic (exact) mass is 572 g/mol. The summed E-state index contributed by atoms with van der Waals surface area (Å²) in [5.74, 6) is 0.350. The highest BCUT2D eigenvalue weighted by atomic mass is 35.5. The number of carbonyl (C=O) groups is 1. The lowest BCUT2D eigenvalue weighted by molar-refractivity contribution is -0.122. The van der Waals surface area contributed by atoms with Gasteiger partial charge in [0.2, 0.25) is 0 Å². The van der Waals surface area contributed by atoms with Crippen LogP contribution in [0.5, 0.6) is 5.75 Å². The van der Waals surface area contributed by atoms with Crippen LogP contribution in [0.25, 0.3) is 6.08 Å². The zero-order valence-corrected chi connectivity index (χ0v) is 23.6. The van der Waals surface area contributed by atoms with E-state index in [9.17, 15) is 4.79 Å². The summed E-state index contributed by atoms with van der Waals surface area (Å²) >= 11 is 14.3. The summed E-state index contributed by atoms with van der Waals surface area (Å²) in [4.78, 5) is 20.7. The molecule has 5 rings (SSSR count). The van der Waals surface area contributed by atoms with E-state index in [1.54, 1.807) is 23.1 Å². The van der Waals surface area contributed by atoms with Gasteiger partial charge in [-0.25, -0.2) is 0 Å². The van der Waals surface area contributed by atoms with Crippen LogP contribution in [0, 0.1) is 6.92 Å². The summed E-state index contributed by atoms with van der Waals surface area (Å²) in [5.41, 5.74) is 4.92. The van der Waals surface area contributed by atoms with Gasteiger partial charge in [0, 0.05) is 10.6 Å². The van der Waals surface area contributed by atoms with Crippen LogP contribution >= 0.6 is 35.0 Å². The van der Waals surface area contributed by atoms with E-state index in [0.29, 0.717) is 51.1 Å². The molecule has 7 heteroatoms. The molecule has 0 bridgehead atoms. The predicted molar refractivity (Wildman–Crippen MR) is 162 cm³/mol. The van der Waals surface area contributed by atoms with Gasteiger partial charge in [-0.3, -0.25) is 14.7 Å². The Kier molecular flexibility index (Phi) is 8.72. The molecule has 0 radical (unpaired) electrons. The van der Waals surface area contributed by atoms with E-state index in [1.807, 2.05) is 91.9 Å². The summed E-state index contributed by atoms with van der Waals surface area (Å²) in [7, 11) is 0. The van der Waals surface area contributed by atoms with Crippen LogP contribution in [0.2, 0.25) is 10.0 Å². The summed E-state index contributed by atoms with van der Waals surface area (Å²) in [6.45, 7) is 3.27. The fourth-order valence-electron chi connectivity index (χ4n) is 4.09. The summed E-state index contributed by atoms with van der Waals surface area (Å²) < 4.78 is 6.15. The maximum Gasteiger partial charge on any atom is 0.267 e. The van der Waals surface area contributed by atoms with Crippen molar-refractivity contribution in [2.45, 2.75) is 26.6 Å². The second kappa shape index (κ2) is 12.6. The third-order valence-electron chi connectivity index (χ3n) is 6.14. The first kappa shape index (κ1) is 27.1. The van der Waals surface area contributed by atoms with Crippen molar-refractivity contribution in [1.29, 1.82) is 0 Å². The molecule has 0 N–H and O–H groups in total. The number of aryl methyl sites for hydroxylation is 1. The molecule has 0 aromatic heterocycles. The lowest BCUT2D eigenvalue weighted by Gasteiger charge is -2.16. The van der Waals surface area contributed by atoms with Gasteiger partial charge >= 0.3 is 0 Å². The van der Waals surface area contributed by atoms with Crippen molar-refractivity contribution in [1.82, 2.24) is 4.90 Å². The molecule has 4 aromatic rings. The van der Waals surface area contributed by atoms with Gasteiger partial charge in [0.15, 0.2) is 5.17 Å². The van der Waals surface area contributed by atoms with E-state index < -0.39 is 0 Å². The number of rotatable bonds is 8. The Hall–Kier alpha value is -3.51. The number of thioether (sulfide) groups is 1. The van der Waals surface area contributed by atoms with Gasteiger partial charge < -0.3 is 4.74 Å². The smallest absolute Gasteiger partial charge is 0.267 e. The molecule has 0 spiro atoms. The topological polar surface area (TPSA) is 41.9 Å². The standard InChI is InChI=1S/C32H26Cl2N2O2S/c1-22-12-14-25(15-13-22)21-38-30-26(16-27(33)18-28(30)34)17-29-31(37)36(20-24-10-6-3-7-11-24)32(39-29)35-19-23-8-4-2-5-9-23/h2-18H,19-21H2,1H3/b29-17+,35-32?. The average molecular weight is 574 g/mol. The molecule has 1 aliphatic rings. The van der Waals surface area contributed by atoms with Crippen LogP contribution in [0.1, 0.15) is 27.8 Å². The van der Waals surface area contributed by atoms with E-state index in [1.165, 1.54) is 17.3 Å². The van der Waals surface area contributed by atoms with Gasteiger partial charge in [-0.05, 0) is 53.6 Å². The first-order valence-electron chi connectivity index (χ1n) is 12.5. The van der Waals surface area contributed by atoms with E-state index in [4.69, 9.17) is 32.9 Å². The lowest BCUT2D eigenvalue weighted by atomic mass is 10.1. The number of carbonyl (C=O) groups excluding carboxylic acids is 1. The van der Waals surface area contributed by atoms with Crippen LogP contribution < -0.4 is 4.74 Å². The maximum absolute atomic E-state index is 13.7. The zero-order chi connectivity index (χ0) is 27.2. The Labute approximate surface area is 242 Å². The van der Waals surface area contributed by atoms with E-state index in [-0.39, 0.29) is 5.91 Å². The fraction of sp³-hybridized carbons (Fsp3) is 0.125. The quantitative estimate of drug-likeness (QED) is 0.198. The van der Waals surface area contributed by atoms with Gasteiger partial charge in [-0.2, -0.15) is 0 Å². The van der Waals surface area contributed by atoms with Gasteiger partial charge in [0.05, 0.1) is 23.0 Å². The highest BCUT2D eigenvalue weighted by Crippen LogP contribution is 2.39. The minimum absolute atomic E-state index is 0.128. The number of ether oxygens (including phenoxy) is 1. The lowest BCUT2D eigenvalue weighted by Crippen LogP contribution is -2.28. The van der Waals surface area contributed by atoms with E-state index >= 15 is 0 Å². The molecule has 0 unspecified atom stereocenters. The van der Waals surface area contributed by atoms with Crippen molar-refractivity contribution < 1.29 is 9.53 Å². The SMILES string of the molecule is Cc1ccc(COc2c(Cl)cc(Cl)cc2/C=C2/SC(=NCc3ccccc3)N(Cc3ccccc3)C2=O)cc1. The summed E-state index contributed by atoms with van der Waals surface area (Å²) in [6.07, 6.45) is 1.79. The highest BCUT2D eigenvalue weighted by molar-refractivity contribution is 8.18. The van der Waals surface area contributed by atoms with Crippen LogP contribution in [-0.4, -0.2) is 16.0 Å². The molecule has 1 aliphatic heterocycles. The molecule has 1 saturated heterocycles. The molecule has 4 aromatic carbocycles. The molecule has 0 saturated carbocycles. The van der Waals surface area contributed by atoms with Crippen molar-refractivity contribution in [2.24, 2.45) is 4.99 Å². The van der Waals surface area contributed by atoms with Crippen LogP contribution in [-0.2, 0) is 24.5 Å². The number of hydrogen-bond acceptors (Lipinski definition) is 4. The van der Waals surface area contributed by atoms with Gasteiger partial charge in [0.25, 0.3) is 5.91 Å². The maximum atomic E-state index is 13.7. The zero-order valence-electron chi connectivity index (χ0n) is 21.3. The third kappa shape index (κ3) is 6.93. The molecule has 1 heterocycles.